The number of aryl methyl sites for hydroxylation is 1. The molecule has 2 aliphatic heterocycles. The SMILES string of the molecule is Cc1ccccc1CN1CCC(NC(=O)c2ccccc2SCC2CCCO2)CC1. The number of nitrogens with zero attached hydrogens (tertiary/aromatic N) is 1. The number of rotatable bonds is 7. The van der Waals surface area contributed by atoms with E-state index in [2.05, 4.69) is 47.5 Å². The largest absolute Gasteiger partial charge is 0.377 e. The Morgan fingerprint density at radius 3 is 2.63 bits per heavy atom. The Hall–Kier alpha value is -1.82. The lowest BCUT2D eigenvalue weighted by molar-refractivity contribution is 0.0905. The summed E-state index contributed by atoms with van der Waals surface area (Å²) in [4.78, 5) is 16.5. The van der Waals surface area contributed by atoms with Crippen LogP contribution in [0.2, 0.25) is 0 Å². The van der Waals surface area contributed by atoms with Crippen LogP contribution in [0.15, 0.2) is 53.4 Å². The van der Waals surface area contributed by atoms with E-state index in [1.54, 1.807) is 11.8 Å². The molecule has 2 aromatic carbocycles. The molecule has 0 aromatic heterocycles. The second-order valence-electron chi connectivity index (χ2n) is 8.39. The molecule has 4 rings (SSSR count). The van der Waals surface area contributed by atoms with Gasteiger partial charge in [-0.25, -0.2) is 0 Å². The van der Waals surface area contributed by atoms with Gasteiger partial charge >= 0.3 is 0 Å². The second kappa shape index (κ2) is 10.5. The Balaban J connectivity index is 1.28. The second-order valence-corrected chi connectivity index (χ2v) is 9.45. The number of hydrogen-bond acceptors (Lipinski definition) is 4. The summed E-state index contributed by atoms with van der Waals surface area (Å²) in [5, 5.41) is 3.29. The van der Waals surface area contributed by atoms with Gasteiger partial charge in [0.05, 0.1) is 11.7 Å². The first kappa shape index (κ1) is 21.4. The molecule has 2 saturated heterocycles. The zero-order valence-corrected chi connectivity index (χ0v) is 18.6. The van der Waals surface area contributed by atoms with Gasteiger partial charge < -0.3 is 10.1 Å². The Kier molecular flexibility index (Phi) is 7.47. The van der Waals surface area contributed by atoms with Crippen LogP contribution in [0, 0.1) is 6.92 Å². The molecule has 1 amide bonds. The average Bonchev–Trinajstić information content (AvgIpc) is 3.29. The molecule has 2 aliphatic rings. The van der Waals surface area contributed by atoms with Crippen LogP contribution in [0.25, 0.3) is 0 Å². The summed E-state index contributed by atoms with van der Waals surface area (Å²) < 4.78 is 5.73. The molecule has 4 nitrogen and oxygen atoms in total. The first-order chi connectivity index (χ1) is 14.7. The maximum absolute atomic E-state index is 13.0. The topological polar surface area (TPSA) is 41.6 Å². The highest BCUT2D eigenvalue weighted by molar-refractivity contribution is 7.99. The van der Waals surface area contributed by atoms with Crippen LogP contribution < -0.4 is 5.32 Å². The van der Waals surface area contributed by atoms with E-state index in [0.29, 0.717) is 6.10 Å². The summed E-state index contributed by atoms with van der Waals surface area (Å²) in [6.07, 6.45) is 4.60. The molecule has 160 valence electrons. The fraction of sp³-hybridized carbons (Fsp3) is 0.480. The van der Waals surface area contributed by atoms with Crippen LogP contribution >= 0.6 is 11.8 Å². The van der Waals surface area contributed by atoms with E-state index in [-0.39, 0.29) is 11.9 Å². The standard InChI is InChI=1S/C25H32N2O2S/c1-19-7-2-3-8-20(19)17-27-14-12-21(13-15-27)26-25(28)23-10-4-5-11-24(23)30-18-22-9-6-16-29-22/h2-5,7-8,10-11,21-22H,6,9,12-18H2,1H3,(H,26,28). The number of benzene rings is 2. The summed E-state index contributed by atoms with van der Waals surface area (Å²) in [5.41, 5.74) is 3.55. The van der Waals surface area contributed by atoms with Crippen molar-refractivity contribution in [1.29, 1.82) is 0 Å². The zero-order chi connectivity index (χ0) is 20.8. The molecule has 0 radical (unpaired) electrons. The monoisotopic (exact) mass is 424 g/mol. The molecule has 1 unspecified atom stereocenters. The molecule has 2 heterocycles. The van der Waals surface area contributed by atoms with Crippen LogP contribution in [0.1, 0.15) is 47.2 Å². The van der Waals surface area contributed by atoms with Gasteiger partial charge in [0.15, 0.2) is 0 Å². The van der Waals surface area contributed by atoms with Crippen molar-refractivity contribution in [3.8, 4) is 0 Å². The van der Waals surface area contributed by atoms with E-state index >= 15 is 0 Å². The summed E-state index contributed by atoms with van der Waals surface area (Å²) in [6, 6.07) is 16.8. The minimum Gasteiger partial charge on any atom is -0.377 e. The van der Waals surface area contributed by atoms with Crippen molar-refractivity contribution in [3.63, 3.8) is 0 Å². The van der Waals surface area contributed by atoms with E-state index in [9.17, 15) is 4.79 Å². The highest BCUT2D eigenvalue weighted by Crippen LogP contribution is 2.27. The predicted molar refractivity (Wildman–Crippen MR) is 123 cm³/mol. The van der Waals surface area contributed by atoms with Crippen LogP contribution in [0.3, 0.4) is 0 Å². The van der Waals surface area contributed by atoms with Gasteiger partial charge in [0.25, 0.3) is 5.91 Å². The normalized spacial score (nSPS) is 20.4. The predicted octanol–water partition coefficient (Wildman–Crippen LogP) is 4.66. The molecule has 0 bridgehead atoms. The first-order valence-electron chi connectivity index (χ1n) is 11.1. The summed E-state index contributed by atoms with van der Waals surface area (Å²) in [5.74, 6) is 0.976. The molecular weight excluding hydrogens is 392 g/mol. The van der Waals surface area contributed by atoms with Crippen molar-refractivity contribution in [3.05, 3.63) is 65.2 Å². The van der Waals surface area contributed by atoms with Crippen molar-refractivity contribution >= 4 is 17.7 Å². The van der Waals surface area contributed by atoms with Gasteiger partial charge in [-0.3, -0.25) is 9.69 Å². The van der Waals surface area contributed by atoms with Crippen molar-refractivity contribution in [1.82, 2.24) is 10.2 Å². The molecular formula is C25H32N2O2S. The van der Waals surface area contributed by atoms with Crippen molar-refractivity contribution in [2.24, 2.45) is 0 Å². The van der Waals surface area contributed by atoms with Crippen LogP contribution in [-0.4, -0.2) is 48.4 Å². The summed E-state index contributed by atoms with van der Waals surface area (Å²) in [6.45, 7) is 6.09. The number of piperidine rings is 1. The van der Waals surface area contributed by atoms with Gasteiger partial charge in [0, 0.05) is 42.9 Å². The lowest BCUT2D eigenvalue weighted by atomic mass is 10.0. The smallest absolute Gasteiger partial charge is 0.252 e. The molecule has 2 aromatic rings. The van der Waals surface area contributed by atoms with E-state index in [1.165, 1.54) is 11.1 Å². The number of ether oxygens (including phenoxy) is 1. The first-order valence-corrected chi connectivity index (χ1v) is 12.1. The Morgan fingerprint density at radius 2 is 1.87 bits per heavy atom. The number of hydrogen-bond donors (Lipinski definition) is 1. The molecule has 5 heteroatoms. The number of nitrogens with one attached hydrogen (secondary N) is 1. The molecule has 1 N–H and O–H groups in total. The van der Waals surface area contributed by atoms with Gasteiger partial charge in [0.2, 0.25) is 0 Å². The third-order valence-electron chi connectivity index (χ3n) is 6.16. The number of carbonyl (C=O) groups is 1. The highest BCUT2D eigenvalue weighted by Gasteiger charge is 2.23. The Labute approximate surface area is 184 Å². The minimum atomic E-state index is 0.0581. The number of carbonyl (C=O) groups excluding carboxylic acids is 1. The molecule has 1 atom stereocenters. The molecule has 0 spiro atoms. The van der Waals surface area contributed by atoms with Gasteiger partial charge in [-0.05, 0) is 55.9 Å². The van der Waals surface area contributed by atoms with Crippen LogP contribution in [0.5, 0.6) is 0 Å². The number of amides is 1. The minimum absolute atomic E-state index is 0.0581. The van der Waals surface area contributed by atoms with E-state index in [1.807, 2.05) is 18.2 Å². The maximum Gasteiger partial charge on any atom is 0.252 e. The quantitative estimate of drug-likeness (QED) is 0.657. The van der Waals surface area contributed by atoms with E-state index in [4.69, 9.17) is 4.74 Å². The fourth-order valence-corrected chi connectivity index (χ4v) is 5.38. The molecule has 0 aliphatic carbocycles. The fourth-order valence-electron chi connectivity index (χ4n) is 4.27. The number of likely N-dealkylation sites (tertiary alicyclic amines) is 1. The molecule has 30 heavy (non-hydrogen) atoms. The molecule has 2 fully saturated rings. The lowest BCUT2D eigenvalue weighted by Gasteiger charge is -2.32. The molecule has 0 saturated carbocycles. The highest BCUT2D eigenvalue weighted by atomic mass is 32.2. The van der Waals surface area contributed by atoms with Crippen molar-refractivity contribution in [2.75, 3.05) is 25.4 Å². The third kappa shape index (κ3) is 5.65. The van der Waals surface area contributed by atoms with E-state index < -0.39 is 0 Å². The van der Waals surface area contributed by atoms with Gasteiger partial charge in [-0.1, -0.05) is 36.4 Å². The summed E-state index contributed by atoms with van der Waals surface area (Å²) in [7, 11) is 0. The summed E-state index contributed by atoms with van der Waals surface area (Å²) >= 11 is 1.74. The Bertz CT molecular complexity index is 843. The number of thioether (sulfide) groups is 1. The lowest BCUT2D eigenvalue weighted by Crippen LogP contribution is -2.44. The maximum atomic E-state index is 13.0. The van der Waals surface area contributed by atoms with Gasteiger partial charge in [-0.2, -0.15) is 0 Å². The third-order valence-corrected chi connectivity index (χ3v) is 7.36. The Morgan fingerprint density at radius 1 is 1.10 bits per heavy atom. The zero-order valence-electron chi connectivity index (χ0n) is 17.8. The van der Waals surface area contributed by atoms with Crippen LogP contribution in [-0.2, 0) is 11.3 Å². The van der Waals surface area contributed by atoms with Crippen molar-refractivity contribution in [2.45, 2.75) is 56.2 Å². The van der Waals surface area contributed by atoms with Crippen molar-refractivity contribution < 1.29 is 9.53 Å². The van der Waals surface area contributed by atoms with Gasteiger partial charge in [-0.15, -0.1) is 11.8 Å². The van der Waals surface area contributed by atoms with Crippen LogP contribution in [0.4, 0.5) is 0 Å². The average molecular weight is 425 g/mol. The van der Waals surface area contributed by atoms with E-state index in [0.717, 1.165) is 68.1 Å². The van der Waals surface area contributed by atoms with Gasteiger partial charge in [0.1, 0.15) is 0 Å².